The number of carbonyl (C=O) groups is 1. The summed E-state index contributed by atoms with van der Waals surface area (Å²) < 4.78 is 66.7. The van der Waals surface area contributed by atoms with Crippen molar-refractivity contribution in [3.63, 3.8) is 0 Å². The van der Waals surface area contributed by atoms with Gasteiger partial charge in [0.2, 0.25) is 0 Å². The van der Waals surface area contributed by atoms with Crippen molar-refractivity contribution in [2.75, 3.05) is 4.72 Å². The molecule has 0 aliphatic heterocycles. The molecule has 2 rings (SSSR count). The maximum atomic E-state index is 14.0. The summed E-state index contributed by atoms with van der Waals surface area (Å²) in [6, 6.07) is 5.41. The van der Waals surface area contributed by atoms with E-state index in [-0.39, 0.29) is 11.0 Å². The molecule has 23 heavy (non-hydrogen) atoms. The lowest BCUT2D eigenvalue weighted by Crippen LogP contribution is -2.17. The van der Waals surface area contributed by atoms with Crippen molar-refractivity contribution in [3.05, 3.63) is 58.9 Å². The number of rotatable bonds is 4. The molecule has 0 unspecified atom stereocenters. The first-order valence-corrected chi connectivity index (χ1v) is 7.62. The number of aromatic carboxylic acids is 1. The molecule has 0 aliphatic carbocycles. The van der Waals surface area contributed by atoms with Crippen molar-refractivity contribution in [2.45, 2.75) is 11.8 Å². The van der Waals surface area contributed by atoms with Gasteiger partial charge >= 0.3 is 5.97 Å². The zero-order chi connectivity index (χ0) is 17.4. The maximum Gasteiger partial charge on any atom is 0.338 e. The number of halogens is 3. The Hall–Kier alpha value is -2.55. The van der Waals surface area contributed by atoms with Gasteiger partial charge in [0, 0.05) is 0 Å². The predicted molar refractivity (Wildman–Crippen MR) is 75.3 cm³/mol. The van der Waals surface area contributed by atoms with E-state index in [2.05, 4.69) is 0 Å². The lowest BCUT2D eigenvalue weighted by Gasteiger charge is -2.12. The van der Waals surface area contributed by atoms with Crippen LogP contribution >= 0.6 is 0 Å². The van der Waals surface area contributed by atoms with Crippen LogP contribution in [0.4, 0.5) is 18.9 Å². The fraction of sp³-hybridized carbons (Fsp3) is 0.0714. The third kappa shape index (κ3) is 3.29. The lowest BCUT2D eigenvalue weighted by molar-refractivity contribution is 0.0691. The van der Waals surface area contributed by atoms with Gasteiger partial charge in [0.15, 0.2) is 17.5 Å². The average Bonchev–Trinajstić information content (AvgIpc) is 2.47. The Morgan fingerprint density at radius 2 is 1.65 bits per heavy atom. The molecule has 2 aromatic carbocycles. The Morgan fingerprint density at radius 1 is 1.09 bits per heavy atom. The van der Waals surface area contributed by atoms with Crippen LogP contribution in [0, 0.1) is 24.4 Å². The second-order valence-corrected chi connectivity index (χ2v) is 6.32. The molecule has 0 spiro atoms. The second-order valence-electron chi connectivity index (χ2n) is 4.63. The predicted octanol–water partition coefficient (Wildman–Crippen LogP) is 2.91. The average molecular weight is 345 g/mol. The van der Waals surface area contributed by atoms with Crippen molar-refractivity contribution in [1.82, 2.24) is 0 Å². The SMILES string of the molecule is Cc1ccc(S(=O)(=O)Nc2c(F)c(F)cc(C(=O)O)c2F)cc1. The summed E-state index contributed by atoms with van der Waals surface area (Å²) in [7, 11) is -4.42. The highest BCUT2D eigenvalue weighted by Gasteiger charge is 2.26. The molecule has 0 heterocycles. The van der Waals surface area contributed by atoms with Crippen LogP contribution in [0.2, 0.25) is 0 Å². The van der Waals surface area contributed by atoms with Crippen LogP contribution in [0.1, 0.15) is 15.9 Å². The van der Waals surface area contributed by atoms with Gasteiger partial charge in [-0.3, -0.25) is 4.72 Å². The highest BCUT2D eigenvalue weighted by Crippen LogP contribution is 2.27. The highest BCUT2D eigenvalue weighted by molar-refractivity contribution is 7.92. The Morgan fingerprint density at radius 3 is 2.17 bits per heavy atom. The van der Waals surface area contributed by atoms with Gasteiger partial charge in [-0.25, -0.2) is 26.4 Å². The third-order valence-electron chi connectivity index (χ3n) is 2.95. The second kappa shape index (κ2) is 5.92. The van der Waals surface area contributed by atoms with E-state index in [0.29, 0.717) is 0 Å². The molecule has 0 amide bonds. The number of hydrogen-bond acceptors (Lipinski definition) is 3. The van der Waals surface area contributed by atoms with E-state index >= 15 is 0 Å². The Kier molecular flexibility index (Phi) is 4.33. The zero-order valence-corrected chi connectivity index (χ0v) is 12.4. The number of sulfonamides is 1. The summed E-state index contributed by atoms with van der Waals surface area (Å²) in [6.45, 7) is 1.70. The van der Waals surface area contributed by atoms with Crippen molar-refractivity contribution in [1.29, 1.82) is 0 Å². The molecule has 0 fully saturated rings. The first-order valence-electron chi connectivity index (χ1n) is 6.13. The van der Waals surface area contributed by atoms with Gasteiger partial charge in [0.25, 0.3) is 10.0 Å². The molecule has 0 saturated carbocycles. The molecule has 2 N–H and O–H groups in total. The van der Waals surface area contributed by atoms with Crippen molar-refractivity contribution in [2.24, 2.45) is 0 Å². The molecule has 0 saturated heterocycles. The van der Waals surface area contributed by atoms with Gasteiger partial charge in [-0.1, -0.05) is 17.7 Å². The van der Waals surface area contributed by atoms with Crippen molar-refractivity contribution >= 4 is 21.7 Å². The number of aryl methyl sites for hydroxylation is 1. The molecular formula is C14H10F3NO4S. The molecule has 2 aromatic rings. The van der Waals surface area contributed by atoms with E-state index in [1.807, 2.05) is 0 Å². The number of benzene rings is 2. The van der Waals surface area contributed by atoms with Crippen LogP contribution in [0.5, 0.6) is 0 Å². The summed E-state index contributed by atoms with van der Waals surface area (Å²) in [6.07, 6.45) is 0. The van der Waals surface area contributed by atoms with Crippen LogP contribution in [-0.2, 0) is 10.0 Å². The summed E-state index contributed by atoms with van der Waals surface area (Å²) in [5, 5.41) is 8.74. The molecule has 0 radical (unpaired) electrons. The Balaban J connectivity index is 2.55. The fourth-order valence-corrected chi connectivity index (χ4v) is 2.82. The van der Waals surface area contributed by atoms with Crippen molar-refractivity contribution in [3.8, 4) is 0 Å². The molecule has 0 aliphatic rings. The summed E-state index contributed by atoms with van der Waals surface area (Å²) >= 11 is 0. The summed E-state index contributed by atoms with van der Waals surface area (Å²) in [5.74, 6) is -7.10. The highest BCUT2D eigenvalue weighted by atomic mass is 32.2. The maximum absolute atomic E-state index is 14.0. The first kappa shape index (κ1) is 16.8. The molecule has 9 heteroatoms. The minimum atomic E-state index is -4.42. The number of carboxylic acids is 1. The van der Waals surface area contributed by atoms with Gasteiger partial charge in [0.05, 0.1) is 4.90 Å². The monoisotopic (exact) mass is 345 g/mol. The summed E-state index contributed by atoms with van der Waals surface area (Å²) in [5.41, 5.74) is -1.83. The number of carboxylic acid groups (broad SMARTS) is 1. The molecule has 0 aromatic heterocycles. The zero-order valence-electron chi connectivity index (χ0n) is 11.6. The smallest absolute Gasteiger partial charge is 0.338 e. The van der Waals surface area contributed by atoms with Crippen LogP contribution in [0.15, 0.2) is 35.2 Å². The van der Waals surface area contributed by atoms with E-state index in [0.717, 1.165) is 5.56 Å². The molecular weight excluding hydrogens is 335 g/mol. The van der Waals surface area contributed by atoms with E-state index in [4.69, 9.17) is 5.11 Å². The molecule has 0 atom stereocenters. The lowest BCUT2D eigenvalue weighted by atomic mass is 10.1. The van der Waals surface area contributed by atoms with Crippen LogP contribution in [-0.4, -0.2) is 19.5 Å². The number of anilines is 1. The van der Waals surface area contributed by atoms with E-state index in [1.165, 1.54) is 24.3 Å². The van der Waals surface area contributed by atoms with E-state index in [9.17, 15) is 26.4 Å². The molecule has 122 valence electrons. The topological polar surface area (TPSA) is 83.5 Å². The van der Waals surface area contributed by atoms with Gasteiger partial charge < -0.3 is 5.11 Å². The normalized spacial score (nSPS) is 11.3. The van der Waals surface area contributed by atoms with Crippen LogP contribution in [0.25, 0.3) is 0 Å². The Bertz CT molecular complexity index is 880. The van der Waals surface area contributed by atoms with E-state index in [1.54, 1.807) is 11.6 Å². The minimum absolute atomic E-state index is 0.136. The molecule has 0 bridgehead atoms. The Labute approximate surface area is 129 Å². The summed E-state index contributed by atoms with van der Waals surface area (Å²) in [4.78, 5) is 10.5. The molecule has 5 nitrogen and oxygen atoms in total. The quantitative estimate of drug-likeness (QED) is 0.835. The standard InChI is InChI=1S/C14H10F3NO4S/c1-7-2-4-8(5-3-7)23(21,22)18-13-11(16)9(14(19)20)6-10(15)12(13)17/h2-6,18H,1H3,(H,19,20). The fourth-order valence-electron chi connectivity index (χ4n) is 1.76. The van der Waals surface area contributed by atoms with Gasteiger partial charge in [-0.2, -0.15) is 0 Å². The van der Waals surface area contributed by atoms with E-state index < -0.39 is 44.7 Å². The van der Waals surface area contributed by atoms with Gasteiger partial charge in [-0.15, -0.1) is 0 Å². The van der Waals surface area contributed by atoms with Gasteiger partial charge in [0.1, 0.15) is 11.3 Å². The number of hydrogen-bond donors (Lipinski definition) is 2. The van der Waals surface area contributed by atoms with Gasteiger partial charge in [-0.05, 0) is 25.1 Å². The number of nitrogens with one attached hydrogen (secondary N) is 1. The first-order chi connectivity index (χ1) is 10.6. The largest absolute Gasteiger partial charge is 0.478 e. The van der Waals surface area contributed by atoms with Crippen LogP contribution in [0.3, 0.4) is 0 Å². The van der Waals surface area contributed by atoms with Crippen molar-refractivity contribution < 1.29 is 31.5 Å². The minimum Gasteiger partial charge on any atom is -0.478 e. The van der Waals surface area contributed by atoms with Crippen LogP contribution < -0.4 is 4.72 Å². The third-order valence-corrected chi connectivity index (χ3v) is 4.32.